The van der Waals surface area contributed by atoms with Crippen LogP contribution >= 0.6 is 0 Å². The number of benzene rings is 1. The van der Waals surface area contributed by atoms with Gasteiger partial charge in [0.05, 0.1) is 5.92 Å². The lowest BCUT2D eigenvalue weighted by Crippen LogP contribution is -2.13. The van der Waals surface area contributed by atoms with Crippen LogP contribution in [0.2, 0.25) is 0 Å². The van der Waals surface area contributed by atoms with Gasteiger partial charge in [0.15, 0.2) is 0 Å². The fourth-order valence-electron chi connectivity index (χ4n) is 1.29. The van der Waals surface area contributed by atoms with E-state index in [-0.39, 0.29) is 11.9 Å². The average Bonchev–Trinajstić information content (AvgIpc) is 2.28. The van der Waals surface area contributed by atoms with E-state index in [1.165, 1.54) is 0 Å². The van der Waals surface area contributed by atoms with Gasteiger partial charge in [0.25, 0.3) is 0 Å². The molecule has 2 heteroatoms. The van der Waals surface area contributed by atoms with Gasteiger partial charge in [0.1, 0.15) is 6.61 Å². The van der Waals surface area contributed by atoms with Gasteiger partial charge in [0, 0.05) is 0 Å². The molecule has 86 valence electrons. The number of esters is 1. The first kappa shape index (κ1) is 12.5. The van der Waals surface area contributed by atoms with Crippen molar-refractivity contribution in [3.63, 3.8) is 0 Å². The van der Waals surface area contributed by atoms with Crippen molar-refractivity contribution in [3.8, 4) is 0 Å². The minimum Gasteiger partial charge on any atom is -0.461 e. The van der Waals surface area contributed by atoms with Gasteiger partial charge < -0.3 is 4.74 Å². The summed E-state index contributed by atoms with van der Waals surface area (Å²) in [6, 6.07) is 9.66. The second-order valence-corrected chi connectivity index (χ2v) is 4.04. The first-order chi connectivity index (χ1) is 7.61. The van der Waals surface area contributed by atoms with E-state index in [1.807, 2.05) is 57.2 Å². The van der Waals surface area contributed by atoms with Crippen LogP contribution in [0.15, 0.2) is 42.0 Å². The maximum atomic E-state index is 11.7. The average molecular weight is 218 g/mol. The third-order valence-electron chi connectivity index (χ3n) is 2.37. The fraction of sp³-hybridized carbons (Fsp3) is 0.357. The van der Waals surface area contributed by atoms with Crippen LogP contribution in [0.5, 0.6) is 0 Å². The van der Waals surface area contributed by atoms with Crippen molar-refractivity contribution in [3.05, 3.63) is 47.5 Å². The summed E-state index contributed by atoms with van der Waals surface area (Å²) in [7, 11) is 0. The number of carbonyl (C=O) groups excluding carboxylic acids is 1. The minimum atomic E-state index is -0.202. The van der Waals surface area contributed by atoms with E-state index in [9.17, 15) is 4.79 Å². The van der Waals surface area contributed by atoms with Crippen LogP contribution in [-0.2, 0) is 9.53 Å². The molecule has 0 aliphatic carbocycles. The molecule has 16 heavy (non-hydrogen) atoms. The normalized spacial score (nSPS) is 11.7. The maximum absolute atomic E-state index is 11.7. The first-order valence-corrected chi connectivity index (χ1v) is 5.46. The van der Waals surface area contributed by atoms with E-state index in [0.717, 1.165) is 11.1 Å². The third-order valence-corrected chi connectivity index (χ3v) is 2.37. The molecule has 1 rings (SSSR count). The van der Waals surface area contributed by atoms with Gasteiger partial charge in [0.2, 0.25) is 0 Å². The molecule has 0 aromatic heterocycles. The molecule has 0 unspecified atom stereocenters. The summed E-state index contributed by atoms with van der Waals surface area (Å²) < 4.78 is 5.15. The summed E-state index contributed by atoms with van der Waals surface area (Å²) in [6.07, 6.45) is 1.90. The summed E-state index contributed by atoms with van der Waals surface area (Å²) >= 11 is 0. The molecule has 2 nitrogen and oxygen atoms in total. The van der Waals surface area contributed by atoms with Crippen molar-refractivity contribution in [2.24, 2.45) is 0 Å². The highest BCUT2D eigenvalue weighted by Gasteiger charge is 2.15. The summed E-state index contributed by atoms with van der Waals surface area (Å²) in [5.41, 5.74) is 2.14. The third kappa shape index (κ3) is 3.89. The van der Waals surface area contributed by atoms with E-state index in [1.54, 1.807) is 0 Å². The Bertz CT molecular complexity index is 362. The standard InChI is InChI=1S/C14H18O2/c1-11(2)9-10-16-14(15)12(3)13-7-5-4-6-8-13/h4-9,12H,10H2,1-3H3/t12-/m0/s1. The number of allylic oxidation sites excluding steroid dienone is 1. The molecule has 0 saturated heterocycles. The van der Waals surface area contributed by atoms with Crippen LogP contribution in [0.4, 0.5) is 0 Å². The van der Waals surface area contributed by atoms with Crippen molar-refractivity contribution in [1.29, 1.82) is 0 Å². The molecule has 0 spiro atoms. The van der Waals surface area contributed by atoms with Crippen LogP contribution in [0.3, 0.4) is 0 Å². The Kier molecular flexibility index (Phi) is 4.77. The second kappa shape index (κ2) is 6.11. The number of rotatable bonds is 4. The summed E-state index contributed by atoms with van der Waals surface area (Å²) in [5, 5.41) is 0. The zero-order valence-corrected chi connectivity index (χ0v) is 10.1. The number of hydrogen-bond acceptors (Lipinski definition) is 2. The van der Waals surface area contributed by atoms with Gasteiger partial charge in [-0.2, -0.15) is 0 Å². The van der Waals surface area contributed by atoms with Gasteiger partial charge in [-0.25, -0.2) is 0 Å². The van der Waals surface area contributed by atoms with Crippen molar-refractivity contribution in [1.82, 2.24) is 0 Å². The zero-order chi connectivity index (χ0) is 12.0. The lowest BCUT2D eigenvalue weighted by molar-refractivity contribution is -0.143. The van der Waals surface area contributed by atoms with Gasteiger partial charge >= 0.3 is 5.97 Å². The molecule has 0 heterocycles. The van der Waals surface area contributed by atoms with E-state index in [0.29, 0.717) is 6.61 Å². The predicted octanol–water partition coefficient (Wildman–Crippen LogP) is 3.30. The molecule has 1 aromatic rings. The first-order valence-electron chi connectivity index (χ1n) is 5.46. The Balaban J connectivity index is 2.52. The molecule has 1 aromatic carbocycles. The summed E-state index contributed by atoms with van der Waals surface area (Å²) in [6.45, 7) is 6.18. The molecule has 0 aliphatic rings. The Hall–Kier alpha value is -1.57. The van der Waals surface area contributed by atoms with Crippen LogP contribution in [0.25, 0.3) is 0 Å². The molecule has 0 bridgehead atoms. The van der Waals surface area contributed by atoms with E-state index < -0.39 is 0 Å². The van der Waals surface area contributed by atoms with E-state index >= 15 is 0 Å². The van der Waals surface area contributed by atoms with Crippen molar-refractivity contribution in [2.75, 3.05) is 6.61 Å². The summed E-state index contributed by atoms with van der Waals surface area (Å²) in [4.78, 5) is 11.7. The number of ether oxygens (including phenoxy) is 1. The maximum Gasteiger partial charge on any atom is 0.313 e. The van der Waals surface area contributed by atoms with E-state index in [4.69, 9.17) is 4.74 Å². The SMILES string of the molecule is CC(C)=CCOC(=O)[C@@H](C)c1ccccc1. The Morgan fingerprint density at radius 3 is 2.50 bits per heavy atom. The molecule has 0 radical (unpaired) electrons. The van der Waals surface area contributed by atoms with Crippen molar-refractivity contribution in [2.45, 2.75) is 26.7 Å². The monoisotopic (exact) mass is 218 g/mol. The molecular weight excluding hydrogens is 200 g/mol. The molecule has 1 atom stereocenters. The smallest absolute Gasteiger partial charge is 0.313 e. The van der Waals surface area contributed by atoms with Gasteiger partial charge in [-0.15, -0.1) is 0 Å². The highest BCUT2D eigenvalue weighted by molar-refractivity contribution is 5.77. The van der Waals surface area contributed by atoms with E-state index in [2.05, 4.69) is 0 Å². The number of carbonyl (C=O) groups is 1. The zero-order valence-electron chi connectivity index (χ0n) is 10.1. The predicted molar refractivity (Wildman–Crippen MR) is 65.2 cm³/mol. The van der Waals surface area contributed by atoms with Crippen molar-refractivity contribution >= 4 is 5.97 Å². The molecule has 0 aliphatic heterocycles. The Morgan fingerprint density at radius 2 is 1.94 bits per heavy atom. The minimum absolute atomic E-state index is 0.177. The quantitative estimate of drug-likeness (QED) is 0.572. The summed E-state index contributed by atoms with van der Waals surface area (Å²) in [5.74, 6) is -0.379. The topological polar surface area (TPSA) is 26.3 Å². The lowest BCUT2D eigenvalue weighted by Gasteiger charge is -2.10. The van der Waals surface area contributed by atoms with Crippen LogP contribution in [0, 0.1) is 0 Å². The van der Waals surface area contributed by atoms with Crippen LogP contribution in [0.1, 0.15) is 32.3 Å². The Morgan fingerprint density at radius 1 is 1.31 bits per heavy atom. The molecular formula is C14H18O2. The number of hydrogen-bond donors (Lipinski definition) is 0. The molecule has 0 amide bonds. The Labute approximate surface area is 96.9 Å². The van der Waals surface area contributed by atoms with Gasteiger partial charge in [-0.1, -0.05) is 35.9 Å². The van der Waals surface area contributed by atoms with Gasteiger partial charge in [-0.3, -0.25) is 4.79 Å². The van der Waals surface area contributed by atoms with Crippen molar-refractivity contribution < 1.29 is 9.53 Å². The fourth-order valence-corrected chi connectivity index (χ4v) is 1.29. The highest BCUT2D eigenvalue weighted by Crippen LogP contribution is 2.15. The highest BCUT2D eigenvalue weighted by atomic mass is 16.5. The largest absolute Gasteiger partial charge is 0.461 e. The van der Waals surface area contributed by atoms with Gasteiger partial charge in [-0.05, 0) is 32.4 Å². The molecule has 0 N–H and O–H groups in total. The molecule has 0 saturated carbocycles. The molecule has 0 fully saturated rings. The van der Waals surface area contributed by atoms with Crippen LogP contribution in [-0.4, -0.2) is 12.6 Å². The van der Waals surface area contributed by atoms with Crippen LogP contribution < -0.4 is 0 Å². The second-order valence-electron chi connectivity index (χ2n) is 4.04. The lowest BCUT2D eigenvalue weighted by atomic mass is 10.0.